The first-order chi connectivity index (χ1) is 8.99. The van der Waals surface area contributed by atoms with E-state index in [0.29, 0.717) is 13.1 Å². The molecule has 19 heavy (non-hydrogen) atoms. The Kier molecular flexibility index (Phi) is 6.27. The average Bonchev–Trinajstić information content (AvgIpc) is 2.55. The lowest BCUT2D eigenvalue weighted by molar-refractivity contribution is -0.140. The summed E-state index contributed by atoms with van der Waals surface area (Å²) in [6.07, 6.45) is 4.18. The molecule has 108 valence electrons. The fourth-order valence-corrected chi connectivity index (χ4v) is 2.19. The molecule has 3 N–H and O–H groups in total. The zero-order chi connectivity index (χ0) is 14.3. The molecule has 0 spiro atoms. The number of nitrogens with two attached hydrogens (primary N) is 1. The van der Waals surface area contributed by atoms with Gasteiger partial charge in [-0.1, -0.05) is 12.8 Å². The Morgan fingerprint density at radius 1 is 1.00 bits per heavy atom. The van der Waals surface area contributed by atoms with Crippen LogP contribution in [0.1, 0.15) is 25.7 Å². The highest BCUT2D eigenvalue weighted by molar-refractivity contribution is 5.81. The third kappa shape index (κ3) is 6.19. The molecule has 0 aromatic carbocycles. The summed E-state index contributed by atoms with van der Waals surface area (Å²) in [5.41, 5.74) is 5.05. The summed E-state index contributed by atoms with van der Waals surface area (Å²) >= 11 is 0. The lowest BCUT2D eigenvalue weighted by Gasteiger charge is -2.24. The van der Waals surface area contributed by atoms with Crippen LogP contribution in [-0.2, 0) is 14.4 Å². The molecule has 0 atom stereocenters. The van der Waals surface area contributed by atoms with Crippen LogP contribution in [0.5, 0.6) is 0 Å². The maximum atomic E-state index is 12.1. The predicted octanol–water partition coefficient (Wildman–Crippen LogP) is -0.739. The molecule has 0 aromatic heterocycles. The highest BCUT2D eigenvalue weighted by Gasteiger charge is 2.21. The first-order valence-electron chi connectivity index (χ1n) is 6.49. The summed E-state index contributed by atoms with van der Waals surface area (Å²) in [5, 5.41) is 8.75. The standard InChI is InChI=1S/C12H21N3O4/c13-10(16)7-14(9-12(18)19)8-11(17)15-5-3-1-2-4-6-15/h1-9H2,(H2,13,16)(H,18,19). The molecule has 0 bridgehead atoms. The van der Waals surface area contributed by atoms with Crippen molar-refractivity contribution in [2.24, 2.45) is 5.73 Å². The van der Waals surface area contributed by atoms with E-state index in [0.717, 1.165) is 25.7 Å². The Balaban J connectivity index is 2.53. The normalized spacial score (nSPS) is 16.2. The molecular formula is C12H21N3O4. The van der Waals surface area contributed by atoms with E-state index in [4.69, 9.17) is 10.8 Å². The lowest BCUT2D eigenvalue weighted by atomic mass is 10.2. The van der Waals surface area contributed by atoms with Crippen LogP contribution in [0.4, 0.5) is 0 Å². The van der Waals surface area contributed by atoms with Crippen LogP contribution in [0.3, 0.4) is 0 Å². The Morgan fingerprint density at radius 3 is 2.05 bits per heavy atom. The summed E-state index contributed by atoms with van der Waals surface area (Å²) < 4.78 is 0. The lowest BCUT2D eigenvalue weighted by Crippen LogP contribution is -2.45. The van der Waals surface area contributed by atoms with Crippen molar-refractivity contribution in [2.45, 2.75) is 25.7 Å². The molecule has 0 aliphatic carbocycles. The van der Waals surface area contributed by atoms with Gasteiger partial charge in [0.15, 0.2) is 0 Å². The maximum absolute atomic E-state index is 12.1. The smallest absolute Gasteiger partial charge is 0.317 e. The maximum Gasteiger partial charge on any atom is 0.317 e. The van der Waals surface area contributed by atoms with Crippen molar-refractivity contribution in [2.75, 3.05) is 32.7 Å². The third-order valence-electron chi connectivity index (χ3n) is 3.06. The van der Waals surface area contributed by atoms with Gasteiger partial charge in [0.05, 0.1) is 19.6 Å². The summed E-state index contributed by atoms with van der Waals surface area (Å²) in [6, 6.07) is 0. The van der Waals surface area contributed by atoms with Crippen LogP contribution in [0.25, 0.3) is 0 Å². The fraction of sp³-hybridized carbons (Fsp3) is 0.750. The van der Waals surface area contributed by atoms with Crippen molar-refractivity contribution in [3.8, 4) is 0 Å². The van der Waals surface area contributed by atoms with Crippen LogP contribution in [0.2, 0.25) is 0 Å². The van der Waals surface area contributed by atoms with Gasteiger partial charge in [-0.15, -0.1) is 0 Å². The van der Waals surface area contributed by atoms with Crippen molar-refractivity contribution in [3.05, 3.63) is 0 Å². The van der Waals surface area contributed by atoms with Crippen LogP contribution in [0, 0.1) is 0 Å². The average molecular weight is 271 g/mol. The topological polar surface area (TPSA) is 104 Å². The van der Waals surface area contributed by atoms with Crippen molar-refractivity contribution >= 4 is 17.8 Å². The number of hydrogen-bond donors (Lipinski definition) is 2. The van der Waals surface area contributed by atoms with E-state index in [9.17, 15) is 14.4 Å². The highest BCUT2D eigenvalue weighted by atomic mass is 16.4. The number of carboxylic acid groups (broad SMARTS) is 1. The largest absolute Gasteiger partial charge is 0.480 e. The minimum absolute atomic E-state index is 0.0742. The number of carbonyl (C=O) groups excluding carboxylic acids is 2. The third-order valence-corrected chi connectivity index (χ3v) is 3.06. The van der Waals surface area contributed by atoms with E-state index in [-0.39, 0.29) is 25.5 Å². The van der Waals surface area contributed by atoms with Gasteiger partial charge >= 0.3 is 5.97 Å². The molecule has 2 amide bonds. The minimum Gasteiger partial charge on any atom is -0.480 e. The molecule has 1 saturated heterocycles. The summed E-state index contributed by atoms with van der Waals surface area (Å²) in [4.78, 5) is 36.6. The zero-order valence-corrected chi connectivity index (χ0v) is 11.0. The van der Waals surface area contributed by atoms with Crippen molar-refractivity contribution < 1.29 is 19.5 Å². The van der Waals surface area contributed by atoms with Gasteiger partial charge in [-0.3, -0.25) is 19.3 Å². The number of rotatable bonds is 6. The summed E-state index contributed by atoms with van der Waals surface area (Å²) in [5.74, 6) is -1.85. The second kappa shape index (κ2) is 7.73. The van der Waals surface area contributed by atoms with Gasteiger partial charge in [0.2, 0.25) is 11.8 Å². The van der Waals surface area contributed by atoms with E-state index >= 15 is 0 Å². The monoisotopic (exact) mass is 271 g/mol. The molecule has 0 unspecified atom stereocenters. The van der Waals surface area contributed by atoms with E-state index in [1.54, 1.807) is 4.90 Å². The molecule has 1 aliphatic heterocycles. The van der Waals surface area contributed by atoms with Crippen molar-refractivity contribution in [3.63, 3.8) is 0 Å². The van der Waals surface area contributed by atoms with Gasteiger partial charge in [0, 0.05) is 13.1 Å². The number of carboxylic acids is 1. The Morgan fingerprint density at radius 2 is 1.58 bits per heavy atom. The van der Waals surface area contributed by atoms with E-state index in [1.807, 2.05) is 0 Å². The molecule has 1 rings (SSSR count). The molecule has 1 heterocycles. The number of aliphatic carboxylic acids is 1. The fourth-order valence-electron chi connectivity index (χ4n) is 2.19. The molecule has 7 heteroatoms. The van der Waals surface area contributed by atoms with Gasteiger partial charge in [-0.2, -0.15) is 0 Å². The molecule has 1 fully saturated rings. The van der Waals surface area contributed by atoms with Crippen LogP contribution >= 0.6 is 0 Å². The Labute approximate surface area is 112 Å². The van der Waals surface area contributed by atoms with Crippen LogP contribution < -0.4 is 5.73 Å². The molecule has 1 aliphatic rings. The number of primary amides is 1. The molecule has 7 nitrogen and oxygen atoms in total. The van der Waals surface area contributed by atoms with Crippen molar-refractivity contribution in [1.29, 1.82) is 0 Å². The number of hydrogen-bond acceptors (Lipinski definition) is 4. The van der Waals surface area contributed by atoms with Gasteiger partial charge in [-0.25, -0.2) is 0 Å². The van der Waals surface area contributed by atoms with Crippen LogP contribution in [0.15, 0.2) is 0 Å². The predicted molar refractivity (Wildman–Crippen MR) is 68.3 cm³/mol. The van der Waals surface area contributed by atoms with E-state index < -0.39 is 11.9 Å². The number of likely N-dealkylation sites (tertiary alicyclic amines) is 1. The summed E-state index contributed by atoms with van der Waals surface area (Å²) in [7, 11) is 0. The highest BCUT2D eigenvalue weighted by Crippen LogP contribution is 2.10. The number of amides is 2. The van der Waals surface area contributed by atoms with E-state index in [1.165, 1.54) is 4.90 Å². The van der Waals surface area contributed by atoms with Crippen LogP contribution in [-0.4, -0.2) is 65.4 Å². The first-order valence-corrected chi connectivity index (χ1v) is 6.49. The zero-order valence-electron chi connectivity index (χ0n) is 11.0. The summed E-state index contributed by atoms with van der Waals surface area (Å²) in [6.45, 7) is 0.760. The SMILES string of the molecule is NC(=O)CN(CC(=O)O)CC(=O)N1CCCCCC1. The molecular weight excluding hydrogens is 250 g/mol. The first kappa shape index (κ1) is 15.4. The second-order valence-electron chi connectivity index (χ2n) is 4.80. The molecule has 0 aromatic rings. The minimum atomic E-state index is -1.08. The second-order valence-corrected chi connectivity index (χ2v) is 4.80. The van der Waals surface area contributed by atoms with E-state index in [2.05, 4.69) is 0 Å². The molecule has 0 radical (unpaired) electrons. The number of carbonyl (C=O) groups is 3. The van der Waals surface area contributed by atoms with Crippen molar-refractivity contribution in [1.82, 2.24) is 9.80 Å². The Hall–Kier alpha value is -1.63. The molecule has 0 saturated carbocycles. The Bertz CT molecular complexity index is 322. The van der Waals surface area contributed by atoms with Gasteiger partial charge in [0.1, 0.15) is 0 Å². The number of nitrogens with zero attached hydrogens (tertiary/aromatic N) is 2. The van der Waals surface area contributed by atoms with Gasteiger partial charge in [0.25, 0.3) is 0 Å². The van der Waals surface area contributed by atoms with Gasteiger partial charge in [-0.05, 0) is 12.8 Å². The van der Waals surface area contributed by atoms with Gasteiger partial charge < -0.3 is 15.7 Å². The quantitative estimate of drug-likeness (QED) is 0.662.